The van der Waals surface area contributed by atoms with E-state index >= 15 is 0 Å². The van der Waals surface area contributed by atoms with Crippen LogP contribution < -0.4 is 5.32 Å². The Labute approximate surface area is 273 Å². The van der Waals surface area contributed by atoms with E-state index in [-0.39, 0.29) is 12.5 Å². The van der Waals surface area contributed by atoms with Gasteiger partial charge in [-0.05, 0) is 70.6 Å². The fourth-order valence-corrected chi connectivity index (χ4v) is 5.07. The molecule has 0 saturated carbocycles. The van der Waals surface area contributed by atoms with E-state index in [1.807, 2.05) is 6.08 Å². The molecule has 0 aliphatic heterocycles. The first kappa shape index (κ1) is 42.1. The van der Waals surface area contributed by atoms with Crippen LogP contribution in [0, 0.1) is 0 Å². The molecule has 3 N–H and O–H groups in total. The maximum atomic E-state index is 12.3. The van der Waals surface area contributed by atoms with Crippen molar-refractivity contribution in [3.63, 3.8) is 0 Å². The Kier molecular flexibility index (Phi) is 34.0. The second-order valence-corrected chi connectivity index (χ2v) is 12.3. The molecule has 4 heteroatoms. The molecule has 254 valence electrons. The van der Waals surface area contributed by atoms with Crippen LogP contribution in [0.2, 0.25) is 0 Å². The van der Waals surface area contributed by atoms with Gasteiger partial charge in [-0.2, -0.15) is 0 Å². The van der Waals surface area contributed by atoms with Gasteiger partial charge in [0.1, 0.15) is 0 Å². The predicted octanol–water partition coefficient (Wildman–Crippen LogP) is 11.0. The molecule has 0 fully saturated rings. The molecule has 0 aromatic heterocycles. The second kappa shape index (κ2) is 35.6. The molecule has 44 heavy (non-hydrogen) atoms. The maximum absolute atomic E-state index is 12.3. The Bertz CT molecular complexity index is 752. The summed E-state index contributed by atoms with van der Waals surface area (Å²) in [6.45, 7) is 4.20. The molecule has 2 unspecified atom stereocenters. The van der Waals surface area contributed by atoms with Crippen LogP contribution in [-0.4, -0.2) is 34.9 Å². The minimum atomic E-state index is -0.876. The van der Waals surface area contributed by atoms with Gasteiger partial charge in [-0.25, -0.2) is 0 Å². The Morgan fingerprint density at radius 1 is 0.545 bits per heavy atom. The average molecular weight is 614 g/mol. The summed E-state index contributed by atoms with van der Waals surface area (Å²) >= 11 is 0. The molecule has 0 heterocycles. The second-order valence-electron chi connectivity index (χ2n) is 12.3. The third-order valence-corrected chi connectivity index (χ3v) is 7.93. The lowest BCUT2D eigenvalue weighted by Crippen LogP contribution is -2.45. The molecular weight excluding hydrogens is 542 g/mol. The summed E-state index contributed by atoms with van der Waals surface area (Å²) in [5, 5.41) is 22.8. The van der Waals surface area contributed by atoms with Gasteiger partial charge in [0.2, 0.25) is 5.91 Å². The van der Waals surface area contributed by atoms with Crippen molar-refractivity contribution in [1.29, 1.82) is 0 Å². The minimum Gasteiger partial charge on any atom is -0.394 e. The molecular formula is C40H71NO3. The van der Waals surface area contributed by atoms with Gasteiger partial charge in [0.15, 0.2) is 0 Å². The number of carbonyl (C=O) groups excluding carboxylic acids is 1. The lowest BCUT2D eigenvalue weighted by Gasteiger charge is -2.19. The lowest BCUT2D eigenvalue weighted by molar-refractivity contribution is -0.123. The fourth-order valence-electron chi connectivity index (χ4n) is 5.07. The number of aliphatic hydroxyl groups is 2. The Morgan fingerprint density at radius 2 is 1.00 bits per heavy atom. The molecule has 0 aromatic rings. The first-order chi connectivity index (χ1) is 21.7. The number of carbonyl (C=O) groups is 1. The molecule has 0 rings (SSSR count). The van der Waals surface area contributed by atoms with Crippen LogP contribution in [0.3, 0.4) is 0 Å². The van der Waals surface area contributed by atoms with Crippen molar-refractivity contribution in [2.75, 3.05) is 6.61 Å². The molecule has 0 bridgehead atoms. The maximum Gasteiger partial charge on any atom is 0.220 e. The molecule has 0 aliphatic rings. The number of amides is 1. The normalized spacial score (nSPS) is 13.8. The average Bonchev–Trinajstić information content (AvgIpc) is 3.03. The third-order valence-electron chi connectivity index (χ3n) is 7.93. The molecule has 0 radical (unpaired) electrons. The van der Waals surface area contributed by atoms with Crippen LogP contribution in [-0.2, 0) is 4.79 Å². The number of unbranched alkanes of at least 4 members (excludes halogenated alkanes) is 17. The van der Waals surface area contributed by atoms with Crippen molar-refractivity contribution < 1.29 is 15.0 Å². The van der Waals surface area contributed by atoms with Gasteiger partial charge < -0.3 is 15.5 Å². The molecule has 4 nitrogen and oxygen atoms in total. The zero-order chi connectivity index (χ0) is 32.2. The van der Waals surface area contributed by atoms with Crippen molar-refractivity contribution in [2.45, 2.75) is 180 Å². The highest BCUT2D eigenvalue weighted by Gasteiger charge is 2.17. The van der Waals surface area contributed by atoms with E-state index in [9.17, 15) is 15.0 Å². The van der Waals surface area contributed by atoms with Crippen molar-refractivity contribution in [3.8, 4) is 0 Å². The zero-order valence-electron chi connectivity index (χ0n) is 28.9. The lowest BCUT2D eigenvalue weighted by atomic mass is 10.1. The van der Waals surface area contributed by atoms with E-state index in [1.54, 1.807) is 6.08 Å². The van der Waals surface area contributed by atoms with E-state index in [0.29, 0.717) is 6.42 Å². The summed E-state index contributed by atoms with van der Waals surface area (Å²) < 4.78 is 0. The molecule has 0 spiro atoms. The highest BCUT2D eigenvalue weighted by atomic mass is 16.3. The van der Waals surface area contributed by atoms with Crippen molar-refractivity contribution >= 4 is 5.91 Å². The number of nitrogens with one attached hydrogen (secondary N) is 1. The highest BCUT2D eigenvalue weighted by molar-refractivity contribution is 5.76. The largest absolute Gasteiger partial charge is 0.394 e. The minimum absolute atomic E-state index is 0.0966. The van der Waals surface area contributed by atoms with Crippen LogP contribution in [0.5, 0.6) is 0 Å². The molecule has 1 amide bonds. The van der Waals surface area contributed by atoms with E-state index < -0.39 is 12.1 Å². The van der Waals surface area contributed by atoms with Gasteiger partial charge in [-0.15, -0.1) is 0 Å². The Hall–Kier alpha value is -1.91. The van der Waals surface area contributed by atoms with Crippen LogP contribution >= 0.6 is 0 Å². The summed E-state index contributed by atoms with van der Waals surface area (Å²) in [7, 11) is 0. The topological polar surface area (TPSA) is 69.6 Å². The summed E-state index contributed by atoms with van der Waals surface area (Å²) in [5.74, 6) is -0.0966. The monoisotopic (exact) mass is 614 g/mol. The van der Waals surface area contributed by atoms with Crippen LogP contribution in [0.15, 0.2) is 60.8 Å². The smallest absolute Gasteiger partial charge is 0.220 e. The molecule has 2 atom stereocenters. The Morgan fingerprint density at radius 3 is 1.55 bits per heavy atom. The fraction of sp³-hybridized carbons (Fsp3) is 0.725. The predicted molar refractivity (Wildman–Crippen MR) is 193 cm³/mol. The van der Waals surface area contributed by atoms with E-state index in [4.69, 9.17) is 0 Å². The molecule has 0 aromatic carbocycles. The highest BCUT2D eigenvalue weighted by Crippen LogP contribution is 2.11. The standard InChI is InChI=1S/C40H71NO3/c1-3-5-7-9-11-13-15-17-18-19-20-21-22-24-25-27-29-31-33-35-39(43)38(37-42)41-40(44)36-34-32-30-28-26-23-16-14-12-10-8-6-4-2/h8,10,14,16,20-21,25,27,33,35,38-39,42-43H,3-7,9,11-13,15,17-19,22-24,26,28-32,34,36-37H2,1-2H3,(H,41,44)/b10-8-,16-14-,21-20+,27-25+,35-33+. The summed E-state index contributed by atoms with van der Waals surface area (Å²) in [6, 6.07) is -0.653. The first-order valence-electron chi connectivity index (χ1n) is 18.5. The van der Waals surface area contributed by atoms with Gasteiger partial charge in [0.25, 0.3) is 0 Å². The number of hydrogen-bond donors (Lipinski definition) is 3. The number of hydrogen-bond acceptors (Lipinski definition) is 3. The first-order valence-corrected chi connectivity index (χ1v) is 18.5. The SMILES string of the molecule is CCC/C=C\C/C=C\CCCCCCCC(=O)NC(CO)C(O)/C=C/CC/C=C/CC/C=C/CCCCCCCCCCC. The zero-order valence-corrected chi connectivity index (χ0v) is 28.9. The van der Waals surface area contributed by atoms with E-state index in [2.05, 4.69) is 67.8 Å². The summed E-state index contributed by atoms with van der Waals surface area (Å²) in [5.41, 5.74) is 0. The van der Waals surface area contributed by atoms with Crippen LogP contribution in [0.4, 0.5) is 0 Å². The molecule has 0 aliphatic carbocycles. The summed E-state index contributed by atoms with van der Waals surface area (Å²) in [6.07, 6.45) is 48.8. The van der Waals surface area contributed by atoms with Gasteiger partial charge in [0, 0.05) is 6.42 Å². The molecule has 0 saturated heterocycles. The van der Waals surface area contributed by atoms with Crippen molar-refractivity contribution in [3.05, 3.63) is 60.8 Å². The number of aliphatic hydroxyl groups excluding tert-OH is 2. The van der Waals surface area contributed by atoms with Crippen molar-refractivity contribution in [1.82, 2.24) is 5.32 Å². The van der Waals surface area contributed by atoms with Crippen molar-refractivity contribution in [2.24, 2.45) is 0 Å². The van der Waals surface area contributed by atoms with Gasteiger partial charge in [-0.1, -0.05) is 152 Å². The van der Waals surface area contributed by atoms with Crippen LogP contribution in [0.25, 0.3) is 0 Å². The summed E-state index contributed by atoms with van der Waals surface area (Å²) in [4.78, 5) is 12.3. The van der Waals surface area contributed by atoms with Gasteiger partial charge in [-0.3, -0.25) is 4.79 Å². The number of rotatable bonds is 32. The number of allylic oxidation sites excluding steroid dienone is 9. The van der Waals surface area contributed by atoms with Gasteiger partial charge >= 0.3 is 0 Å². The van der Waals surface area contributed by atoms with E-state index in [0.717, 1.165) is 57.8 Å². The van der Waals surface area contributed by atoms with Gasteiger partial charge in [0.05, 0.1) is 18.8 Å². The third kappa shape index (κ3) is 31.5. The Balaban J connectivity index is 3.74. The van der Waals surface area contributed by atoms with Crippen LogP contribution in [0.1, 0.15) is 168 Å². The van der Waals surface area contributed by atoms with E-state index in [1.165, 1.54) is 89.9 Å². The quantitative estimate of drug-likeness (QED) is 0.0522.